The standard InChI is InChI=1S/C12H13N3O2S2/c1-8(12(13)18)19(16,17)15-10-4-5-11-9(7-10)3-2-6-14-11/h2-8,15H,1H3,(H2,13,18). The molecule has 0 aliphatic carbocycles. The summed E-state index contributed by atoms with van der Waals surface area (Å²) >= 11 is 4.71. The quantitative estimate of drug-likeness (QED) is 0.838. The molecule has 5 nitrogen and oxygen atoms in total. The summed E-state index contributed by atoms with van der Waals surface area (Å²) in [5.41, 5.74) is 6.63. The predicted molar refractivity (Wildman–Crippen MR) is 80.5 cm³/mol. The van der Waals surface area contributed by atoms with Gasteiger partial charge in [-0.25, -0.2) is 8.42 Å². The van der Waals surface area contributed by atoms with Crippen molar-refractivity contribution in [1.82, 2.24) is 4.98 Å². The van der Waals surface area contributed by atoms with E-state index in [1.807, 2.05) is 6.07 Å². The molecule has 1 heterocycles. The molecule has 0 fully saturated rings. The van der Waals surface area contributed by atoms with Crippen LogP contribution in [0.25, 0.3) is 10.9 Å². The Morgan fingerprint density at radius 3 is 2.84 bits per heavy atom. The second-order valence-corrected chi connectivity index (χ2v) is 6.58. The van der Waals surface area contributed by atoms with Gasteiger partial charge in [0.25, 0.3) is 0 Å². The molecular formula is C12H13N3O2S2. The number of anilines is 1. The van der Waals surface area contributed by atoms with Crippen molar-refractivity contribution in [3.63, 3.8) is 0 Å². The fraction of sp³-hybridized carbons (Fsp3) is 0.167. The highest BCUT2D eigenvalue weighted by molar-refractivity contribution is 7.95. The SMILES string of the molecule is CC(C(N)=S)S(=O)(=O)Nc1ccc2ncccc2c1. The van der Waals surface area contributed by atoms with Gasteiger partial charge in [0.15, 0.2) is 0 Å². The highest BCUT2D eigenvalue weighted by Crippen LogP contribution is 2.19. The summed E-state index contributed by atoms with van der Waals surface area (Å²) in [6.45, 7) is 1.45. The molecule has 7 heteroatoms. The van der Waals surface area contributed by atoms with Gasteiger partial charge in [0, 0.05) is 17.3 Å². The molecular weight excluding hydrogens is 282 g/mol. The minimum absolute atomic E-state index is 0.0602. The summed E-state index contributed by atoms with van der Waals surface area (Å²) in [6, 6.07) is 8.76. The molecule has 2 rings (SSSR count). The van der Waals surface area contributed by atoms with E-state index in [-0.39, 0.29) is 4.99 Å². The Labute approximate surface area is 116 Å². The zero-order valence-electron chi connectivity index (χ0n) is 10.2. The van der Waals surface area contributed by atoms with E-state index in [1.54, 1.807) is 30.5 Å². The van der Waals surface area contributed by atoms with Gasteiger partial charge in [-0.05, 0) is 31.2 Å². The smallest absolute Gasteiger partial charge is 0.241 e. The van der Waals surface area contributed by atoms with Crippen LogP contribution >= 0.6 is 12.2 Å². The number of aromatic nitrogens is 1. The van der Waals surface area contributed by atoms with E-state index in [0.717, 1.165) is 10.9 Å². The number of pyridine rings is 1. The first-order chi connectivity index (χ1) is 8.90. The number of hydrogen-bond donors (Lipinski definition) is 2. The van der Waals surface area contributed by atoms with Crippen LogP contribution in [0.15, 0.2) is 36.5 Å². The Morgan fingerprint density at radius 1 is 1.42 bits per heavy atom. The van der Waals surface area contributed by atoms with Crippen LogP contribution in [0.2, 0.25) is 0 Å². The molecule has 0 bridgehead atoms. The summed E-state index contributed by atoms with van der Waals surface area (Å²) in [5.74, 6) is 0. The van der Waals surface area contributed by atoms with Gasteiger partial charge in [0.05, 0.1) is 10.5 Å². The van der Waals surface area contributed by atoms with Crippen molar-refractivity contribution in [2.75, 3.05) is 4.72 Å². The van der Waals surface area contributed by atoms with Crippen molar-refractivity contribution in [1.29, 1.82) is 0 Å². The number of thiocarbonyl (C=S) groups is 1. The van der Waals surface area contributed by atoms with Crippen LogP contribution in [0, 0.1) is 0 Å². The molecule has 0 amide bonds. The molecule has 0 aliphatic rings. The lowest BCUT2D eigenvalue weighted by atomic mass is 10.2. The average Bonchev–Trinajstić information content (AvgIpc) is 2.37. The molecule has 1 aromatic heterocycles. The lowest BCUT2D eigenvalue weighted by molar-refractivity contribution is 0.598. The largest absolute Gasteiger partial charge is 0.392 e. The number of nitrogens with one attached hydrogen (secondary N) is 1. The normalized spacial score (nSPS) is 13.1. The first kappa shape index (κ1) is 13.7. The van der Waals surface area contributed by atoms with Gasteiger partial charge in [-0.2, -0.15) is 0 Å². The second-order valence-electron chi connectivity index (χ2n) is 4.10. The molecule has 1 atom stereocenters. The predicted octanol–water partition coefficient (Wildman–Crippen LogP) is 1.65. The average molecular weight is 295 g/mol. The van der Waals surface area contributed by atoms with E-state index in [4.69, 9.17) is 18.0 Å². The lowest BCUT2D eigenvalue weighted by Crippen LogP contribution is -2.35. The molecule has 1 unspecified atom stereocenters. The van der Waals surface area contributed by atoms with Gasteiger partial charge in [-0.15, -0.1) is 0 Å². The minimum atomic E-state index is -3.62. The van der Waals surface area contributed by atoms with E-state index >= 15 is 0 Å². The van der Waals surface area contributed by atoms with Gasteiger partial charge in [-0.1, -0.05) is 18.3 Å². The van der Waals surface area contributed by atoms with E-state index in [1.165, 1.54) is 6.92 Å². The van der Waals surface area contributed by atoms with Gasteiger partial charge < -0.3 is 5.73 Å². The topological polar surface area (TPSA) is 85.1 Å². The van der Waals surface area contributed by atoms with Crippen LogP contribution in [0.5, 0.6) is 0 Å². The maximum absolute atomic E-state index is 12.0. The van der Waals surface area contributed by atoms with Crippen molar-refractivity contribution in [3.05, 3.63) is 36.5 Å². The number of nitrogens with zero attached hydrogens (tertiary/aromatic N) is 1. The monoisotopic (exact) mass is 295 g/mol. The molecule has 19 heavy (non-hydrogen) atoms. The van der Waals surface area contributed by atoms with Gasteiger partial charge in [0.2, 0.25) is 10.0 Å². The summed E-state index contributed by atoms with van der Waals surface area (Å²) in [5, 5.41) is -0.0715. The Hall–Kier alpha value is -1.73. The number of rotatable bonds is 4. The summed E-state index contributed by atoms with van der Waals surface area (Å²) in [6.07, 6.45) is 1.68. The van der Waals surface area contributed by atoms with Gasteiger partial charge >= 0.3 is 0 Å². The Morgan fingerprint density at radius 2 is 2.16 bits per heavy atom. The van der Waals surface area contributed by atoms with Crippen molar-refractivity contribution in [2.45, 2.75) is 12.2 Å². The third kappa shape index (κ3) is 2.99. The minimum Gasteiger partial charge on any atom is -0.392 e. The molecule has 0 radical (unpaired) electrons. The van der Waals surface area contributed by atoms with Crippen LogP contribution in [0.3, 0.4) is 0 Å². The molecule has 0 saturated heterocycles. The first-order valence-corrected chi connectivity index (χ1v) is 7.51. The zero-order chi connectivity index (χ0) is 14.0. The van der Waals surface area contributed by atoms with E-state index in [9.17, 15) is 8.42 Å². The van der Waals surface area contributed by atoms with E-state index < -0.39 is 15.3 Å². The maximum Gasteiger partial charge on any atom is 0.241 e. The number of benzene rings is 1. The number of fused-ring (bicyclic) bond motifs is 1. The number of sulfonamides is 1. The Balaban J connectivity index is 2.34. The molecule has 3 N–H and O–H groups in total. The van der Waals surface area contributed by atoms with Gasteiger partial charge in [0.1, 0.15) is 5.25 Å². The second kappa shape index (κ2) is 5.10. The number of nitrogens with two attached hydrogens (primary N) is 1. The molecule has 1 aromatic carbocycles. The summed E-state index contributed by atoms with van der Waals surface area (Å²) < 4.78 is 26.4. The van der Waals surface area contributed by atoms with Crippen LogP contribution < -0.4 is 10.5 Å². The highest BCUT2D eigenvalue weighted by atomic mass is 32.2. The fourth-order valence-corrected chi connectivity index (χ4v) is 2.86. The summed E-state index contributed by atoms with van der Waals surface area (Å²) in [4.78, 5) is 4.10. The lowest BCUT2D eigenvalue weighted by Gasteiger charge is -2.13. The third-order valence-electron chi connectivity index (χ3n) is 2.73. The van der Waals surface area contributed by atoms with Crippen LogP contribution in [0.1, 0.15) is 6.92 Å². The van der Waals surface area contributed by atoms with E-state index in [2.05, 4.69) is 9.71 Å². The highest BCUT2D eigenvalue weighted by Gasteiger charge is 2.23. The van der Waals surface area contributed by atoms with E-state index in [0.29, 0.717) is 5.69 Å². The first-order valence-electron chi connectivity index (χ1n) is 5.56. The van der Waals surface area contributed by atoms with Crippen LogP contribution in [-0.2, 0) is 10.0 Å². The molecule has 2 aromatic rings. The maximum atomic E-state index is 12.0. The summed E-state index contributed by atoms with van der Waals surface area (Å²) in [7, 11) is -3.62. The molecule has 100 valence electrons. The van der Waals surface area contributed by atoms with Crippen LogP contribution in [-0.4, -0.2) is 23.6 Å². The Kier molecular flexibility index (Phi) is 3.68. The molecule has 0 spiro atoms. The van der Waals surface area contributed by atoms with Crippen LogP contribution in [0.4, 0.5) is 5.69 Å². The Bertz CT molecular complexity index is 729. The van der Waals surface area contributed by atoms with Crippen molar-refractivity contribution < 1.29 is 8.42 Å². The molecule has 0 aliphatic heterocycles. The molecule has 0 saturated carbocycles. The van der Waals surface area contributed by atoms with Crippen molar-refractivity contribution in [3.8, 4) is 0 Å². The fourth-order valence-electron chi connectivity index (χ4n) is 1.54. The van der Waals surface area contributed by atoms with Crippen molar-refractivity contribution >= 4 is 43.8 Å². The van der Waals surface area contributed by atoms with Gasteiger partial charge in [-0.3, -0.25) is 9.71 Å². The third-order valence-corrected chi connectivity index (χ3v) is 4.94. The zero-order valence-corrected chi connectivity index (χ0v) is 11.8. The number of hydrogen-bond acceptors (Lipinski definition) is 4. The van der Waals surface area contributed by atoms with Crippen molar-refractivity contribution in [2.24, 2.45) is 5.73 Å².